The molecule has 3 heteroatoms. The lowest BCUT2D eigenvalue weighted by molar-refractivity contribution is 0.573. The monoisotopic (exact) mass is 146 g/mol. The van der Waals surface area contributed by atoms with Crippen molar-refractivity contribution in [2.24, 2.45) is 4.40 Å². The van der Waals surface area contributed by atoms with Gasteiger partial charge >= 0.3 is 0 Å². The van der Waals surface area contributed by atoms with E-state index in [1.807, 2.05) is 0 Å². The maximum atomic E-state index is 10.9. The fraction of sp³-hybridized carbons (Fsp3) is 0.667. The van der Waals surface area contributed by atoms with E-state index in [9.17, 15) is 4.55 Å². The zero-order chi connectivity index (χ0) is 7.49. The standard InChI is InChI=1S/C6H12NOS/c1-5-7-9(8)6(2,3)4/h5H,2H2,1,3-4H3/b7-5+. The van der Waals surface area contributed by atoms with E-state index in [0.29, 0.717) is 0 Å². The molecule has 0 aromatic carbocycles. The molecule has 0 saturated carbocycles. The molecule has 0 saturated heterocycles. The average Bonchev–Trinajstić information content (AvgIpc) is 1.64. The van der Waals surface area contributed by atoms with E-state index in [1.165, 1.54) is 6.21 Å². The van der Waals surface area contributed by atoms with Crippen LogP contribution in [-0.2, 0) is 11.4 Å². The van der Waals surface area contributed by atoms with E-state index in [2.05, 4.69) is 11.3 Å². The summed E-state index contributed by atoms with van der Waals surface area (Å²) in [7, 11) is 0. The van der Waals surface area contributed by atoms with Gasteiger partial charge in [-0.15, -0.1) is 0 Å². The number of hydrogen-bond acceptors (Lipinski definition) is 2. The first-order valence-corrected chi connectivity index (χ1v) is 3.85. The number of rotatable bonds is 2. The van der Waals surface area contributed by atoms with Gasteiger partial charge in [0, 0.05) is 6.92 Å². The van der Waals surface area contributed by atoms with E-state index < -0.39 is 16.1 Å². The zero-order valence-electron chi connectivity index (χ0n) is 6.05. The predicted molar refractivity (Wildman–Crippen MR) is 41.7 cm³/mol. The summed E-state index contributed by atoms with van der Waals surface area (Å²) in [4.78, 5) is 0. The van der Waals surface area contributed by atoms with Crippen molar-refractivity contribution in [1.82, 2.24) is 0 Å². The van der Waals surface area contributed by atoms with Crippen molar-refractivity contribution in [3.05, 3.63) is 6.92 Å². The molecule has 0 aliphatic carbocycles. The highest BCUT2D eigenvalue weighted by Gasteiger charge is 2.25. The molecule has 0 aromatic rings. The van der Waals surface area contributed by atoms with Crippen molar-refractivity contribution in [2.75, 3.05) is 0 Å². The first kappa shape index (κ1) is 8.98. The van der Waals surface area contributed by atoms with Crippen molar-refractivity contribution in [1.29, 1.82) is 0 Å². The summed E-state index contributed by atoms with van der Waals surface area (Å²) < 4.78 is 14.1. The number of hydrogen-bond donors (Lipinski definition) is 0. The van der Waals surface area contributed by atoms with Crippen molar-refractivity contribution in [3.63, 3.8) is 0 Å². The molecular formula is C6H12NOS. The average molecular weight is 146 g/mol. The molecule has 1 unspecified atom stereocenters. The fourth-order valence-electron chi connectivity index (χ4n) is 0.238. The molecule has 9 heavy (non-hydrogen) atoms. The Labute approximate surface area is 59.7 Å². The van der Waals surface area contributed by atoms with Gasteiger partial charge in [-0.05, 0) is 20.8 Å². The third kappa shape index (κ3) is 3.54. The van der Waals surface area contributed by atoms with Crippen LogP contribution in [-0.4, -0.2) is 15.5 Å². The van der Waals surface area contributed by atoms with Gasteiger partial charge in [0.15, 0.2) is 0 Å². The van der Waals surface area contributed by atoms with Crippen LogP contribution in [0.2, 0.25) is 0 Å². The highest BCUT2D eigenvalue weighted by Crippen LogP contribution is 2.15. The normalized spacial score (nSPS) is 16.6. The molecule has 0 rings (SSSR count). The lowest BCUT2D eigenvalue weighted by Gasteiger charge is -2.17. The first-order valence-electron chi connectivity index (χ1n) is 2.74. The van der Waals surface area contributed by atoms with Gasteiger partial charge in [-0.3, -0.25) is 0 Å². The van der Waals surface area contributed by atoms with Crippen LogP contribution in [0.15, 0.2) is 4.40 Å². The molecule has 0 amide bonds. The van der Waals surface area contributed by atoms with Crippen LogP contribution in [0.1, 0.15) is 20.8 Å². The van der Waals surface area contributed by atoms with Gasteiger partial charge in [-0.2, -0.15) is 0 Å². The summed E-state index contributed by atoms with van der Waals surface area (Å²) in [6, 6.07) is 0. The zero-order valence-corrected chi connectivity index (χ0v) is 6.86. The summed E-state index contributed by atoms with van der Waals surface area (Å²) in [5.41, 5.74) is 0. The van der Waals surface area contributed by atoms with Crippen LogP contribution in [0.3, 0.4) is 0 Å². The summed E-state index contributed by atoms with van der Waals surface area (Å²) in [5, 5.41) is 0. The van der Waals surface area contributed by atoms with Gasteiger partial charge in [0.25, 0.3) is 0 Å². The first-order chi connectivity index (χ1) is 3.98. The van der Waals surface area contributed by atoms with Crippen LogP contribution in [0.5, 0.6) is 0 Å². The molecule has 0 fully saturated rings. The van der Waals surface area contributed by atoms with Crippen LogP contribution in [0.4, 0.5) is 0 Å². The minimum Gasteiger partial charge on any atom is -0.591 e. The van der Waals surface area contributed by atoms with Crippen LogP contribution < -0.4 is 0 Å². The topological polar surface area (TPSA) is 35.4 Å². The summed E-state index contributed by atoms with van der Waals surface area (Å²) in [6.45, 7) is 8.99. The fourth-order valence-corrected chi connectivity index (χ4v) is 0.715. The molecule has 0 aliphatic heterocycles. The van der Waals surface area contributed by atoms with Crippen LogP contribution in [0.25, 0.3) is 0 Å². The second-order valence-corrected chi connectivity index (χ2v) is 4.19. The maximum absolute atomic E-state index is 10.9. The van der Waals surface area contributed by atoms with E-state index >= 15 is 0 Å². The summed E-state index contributed by atoms with van der Waals surface area (Å²) >= 11 is -1.18. The number of nitrogens with zero attached hydrogens (tertiary/aromatic N) is 1. The molecule has 0 bridgehead atoms. The maximum Gasteiger partial charge on any atom is 0.147 e. The Morgan fingerprint density at radius 3 is 2.22 bits per heavy atom. The van der Waals surface area contributed by atoms with Gasteiger partial charge in [-0.25, -0.2) is 0 Å². The quantitative estimate of drug-likeness (QED) is 0.428. The lowest BCUT2D eigenvalue weighted by atomic mass is 10.3. The van der Waals surface area contributed by atoms with Crippen molar-refractivity contribution >= 4 is 17.6 Å². The molecule has 0 aliphatic rings. The Bertz CT molecular complexity index is 106. The largest absolute Gasteiger partial charge is 0.591 e. The lowest BCUT2D eigenvalue weighted by Crippen LogP contribution is -2.26. The van der Waals surface area contributed by atoms with E-state index in [-0.39, 0.29) is 0 Å². The van der Waals surface area contributed by atoms with Crippen molar-refractivity contribution in [2.45, 2.75) is 25.5 Å². The second-order valence-electron chi connectivity index (χ2n) is 2.37. The van der Waals surface area contributed by atoms with Gasteiger partial charge in [0.2, 0.25) is 0 Å². The van der Waals surface area contributed by atoms with Crippen LogP contribution >= 0.6 is 0 Å². The smallest absolute Gasteiger partial charge is 0.147 e. The third-order valence-electron chi connectivity index (χ3n) is 0.674. The van der Waals surface area contributed by atoms with Crippen molar-refractivity contribution in [3.8, 4) is 0 Å². The summed E-state index contributed by atoms with van der Waals surface area (Å²) in [5.74, 6) is 0. The molecule has 0 N–H and O–H groups in total. The van der Waals surface area contributed by atoms with E-state index in [1.54, 1.807) is 20.8 Å². The Hall–Kier alpha value is -0.0200. The Morgan fingerprint density at radius 2 is 2.11 bits per heavy atom. The molecular weight excluding hydrogens is 134 g/mol. The molecule has 0 spiro atoms. The van der Waals surface area contributed by atoms with Crippen LogP contribution in [0, 0.1) is 6.92 Å². The van der Waals surface area contributed by atoms with Gasteiger partial charge in [0.05, 0.1) is 6.21 Å². The molecule has 1 atom stereocenters. The van der Waals surface area contributed by atoms with E-state index in [4.69, 9.17) is 0 Å². The predicted octanol–water partition coefficient (Wildman–Crippen LogP) is 1.35. The third-order valence-corrected chi connectivity index (χ3v) is 2.02. The SMILES string of the molecule is [CH2]C(C)(C)[S+]([O-])/N=C/C. The molecule has 0 aromatic heterocycles. The highest BCUT2D eigenvalue weighted by atomic mass is 32.2. The molecule has 2 nitrogen and oxygen atoms in total. The van der Waals surface area contributed by atoms with Gasteiger partial charge in [-0.1, -0.05) is 4.40 Å². The minimum atomic E-state index is -1.18. The Balaban J connectivity index is 3.88. The van der Waals surface area contributed by atoms with Crippen molar-refractivity contribution < 1.29 is 4.55 Å². The highest BCUT2D eigenvalue weighted by molar-refractivity contribution is 7.91. The van der Waals surface area contributed by atoms with Gasteiger partial charge in [0.1, 0.15) is 16.1 Å². The molecule has 0 heterocycles. The Morgan fingerprint density at radius 1 is 1.67 bits per heavy atom. The molecule has 53 valence electrons. The minimum absolute atomic E-state index is 0.466. The summed E-state index contributed by atoms with van der Waals surface area (Å²) in [6.07, 6.45) is 1.53. The van der Waals surface area contributed by atoms with Gasteiger partial charge < -0.3 is 4.55 Å². The Kier molecular flexibility index (Phi) is 3.22. The molecule has 1 radical (unpaired) electrons. The second kappa shape index (κ2) is 3.22. The van der Waals surface area contributed by atoms with E-state index in [0.717, 1.165) is 0 Å².